The molecule has 0 bridgehead atoms. The molecule has 1 heterocycles. The van der Waals surface area contributed by atoms with Gasteiger partial charge in [-0.25, -0.2) is 4.79 Å². The fourth-order valence-corrected chi connectivity index (χ4v) is 4.76. The lowest BCUT2D eigenvalue weighted by Crippen LogP contribution is -2.11. The van der Waals surface area contributed by atoms with Crippen LogP contribution in [0.2, 0.25) is 0 Å². The van der Waals surface area contributed by atoms with Crippen LogP contribution in [0, 0.1) is 11.3 Å². The molecule has 1 aromatic heterocycles. The smallest absolute Gasteiger partial charge is 0.348 e. The molecule has 1 aromatic carbocycles. The van der Waals surface area contributed by atoms with Crippen LogP contribution in [0.1, 0.15) is 45.3 Å². The van der Waals surface area contributed by atoms with Crippen molar-refractivity contribution in [2.24, 2.45) is 0 Å². The third-order valence-corrected chi connectivity index (χ3v) is 6.42. The number of hydrogen-bond acceptors (Lipinski definition) is 8. The SMILES string of the molecule is CCOC(=O)c1sc(N)c(C#N)c1COC(=O)CSc1ccc2c(c1)CCC2. The van der Waals surface area contributed by atoms with Crippen molar-refractivity contribution < 1.29 is 19.1 Å². The van der Waals surface area contributed by atoms with Crippen molar-refractivity contribution in [1.82, 2.24) is 0 Å². The molecule has 0 atom stereocenters. The first-order valence-corrected chi connectivity index (χ1v) is 10.7. The Kier molecular flexibility index (Phi) is 6.60. The number of benzene rings is 1. The van der Waals surface area contributed by atoms with Crippen molar-refractivity contribution >= 4 is 40.0 Å². The molecule has 0 aliphatic heterocycles. The van der Waals surface area contributed by atoms with Crippen molar-refractivity contribution in [1.29, 1.82) is 5.26 Å². The first-order valence-electron chi connectivity index (χ1n) is 8.92. The van der Waals surface area contributed by atoms with E-state index in [-0.39, 0.29) is 34.4 Å². The molecule has 8 heteroatoms. The van der Waals surface area contributed by atoms with E-state index in [1.54, 1.807) is 6.92 Å². The molecule has 1 aliphatic carbocycles. The monoisotopic (exact) mass is 416 g/mol. The molecule has 0 radical (unpaired) electrons. The zero-order valence-corrected chi connectivity index (χ0v) is 17.1. The molecule has 3 rings (SSSR count). The Morgan fingerprint density at radius 2 is 2.07 bits per heavy atom. The van der Waals surface area contributed by atoms with Gasteiger partial charge in [-0.1, -0.05) is 6.07 Å². The largest absolute Gasteiger partial charge is 0.462 e. The number of anilines is 1. The number of nitrogens with two attached hydrogens (primary N) is 1. The normalized spacial score (nSPS) is 12.3. The number of carbonyl (C=O) groups is 2. The van der Waals surface area contributed by atoms with Crippen LogP contribution >= 0.6 is 23.1 Å². The predicted octanol–water partition coefficient (Wildman–Crippen LogP) is 3.70. The minimum Gasteiger partial charge on any atom is -0.462 e. The van der Waals surface area contributed by atoms with E-state index in [9.17, 15) is 14.9 Å². The lowest BCUT2D eigenvalue weighted by molar-refractivity contribution is -0.141. The topological polar surface area (TPSA) is 102 Å². The second kappa shape index (κ2) is 9.13. The summed E-state index contributed by atoms with van der Waals surface area (Å²) in [7, 11) is 0. The van der Waals surface area contributed by atoms with E-state index >= 15 is 0 Å². The molecular formula is C20H20N2O4S2. The first-order chi connectivity index (χ1) is 13.5. The molecule has 0 saturated heterocycles. The van der Waals surface area contributed by atoms with Crippen LogP contribution in [-0.2, 0) is 33.7 Å². The Morgan fingerprint density at radius 1 is 1.29 bits per heavy atom. The van der Waals surface area contributed by atoms with Crippen LogP contribution in [0.5, 0.6) is 0 Å². The molecule has 1 aliphatic rings. The maximum atomic E-state index is 12.2. The van der Waals surface area contributed by atoms with Gasteiger partial charge in [-0.3, -0.25) is 4.79 Å². The molecule has 2 aromatic rings. The Morgan fingerprint density at radius 3 is 2.82 bits per heavy atom. The minimum atomic E-state index is -0.570. The summed E-state index contributed by atoms with van der Waals surface area (Å²) >= 11 is 2.38. The van der Waals surface area contributed by atoms with E-state index in [2.05, 4.69) is 12.1 Å². The molecule has 28 heavy (non-hydrogen) atoms. The predicted molar refractivity (Wildman–Crippen MR) is 108 cm³/mol. The van der Waals surface area contributed by atoms with Gasteiger partial charge in [-0.05, 0) is 49.4 Å². The van der Waals surface area contributed by atoms with Crippen molar-refractivity contribution in [3.8, 4) is 6.07 Å². The van der Waals surface area contributed by atoms with E-state index in [1.807, 2.05) is 12.1 Å². The Bertz CT molecular complexity index is 946. The van der Waals surface area contributed by atoms with Crippen LogP contribution in [0.3, 0.4) is 0 Å². The van der Waals surface area contributed by atoms with Crippen LogP contribution in [-0.4, -0.2) is 24.3 Å². The third-order valence-electron chi connectivity index (χ3n) is 4.41. The molecule has 0 saturated carbocycles. The van der Waals surface area contributed by atoms with Gasteiger partial charge in [-0.15, -0.1) is 23.1 Å². The molecule has 0 unspecified atom stereocenters. The van der Waals surface area contributed by atoms with Gasteiger partial charge in [0, 0.05) is 10.5 Å². The van der Waals surface area contributed by atoms with Crippen molar-refractivity contribution in [3.05, 3.63) is 45.3 Å². The number of aryl methyl sites for hydroxylation is 2. The highest BCUT2D eigenvalue weighted by Crippen LogP contribution is 2.32. The van der Waals surface area contributed by atoms with Gasteiger partial charge in [-0.2, -0.15) is 5.26 Å². The van der Waals surface area contributed by atoms with E-state index in [0.717, 1.165) is 29.1 Å². The molecule has 0 amide bonds. The maximum Gasteiger partial charge on any atom is 0.348 e. The summed E-state index contributed by atoms with van der Waals surface area (Å²) in [5.74, 6) is -0.845. The molecule has 2 N–H and O–H groups in total. The van der Waals surface area contributed by atoms with E-state index in [4.69, 9.17) is 15.2 Å². The zero-order valence-electron chi connectivity index (χ0n) is 15.4. The zero-order chi connectivity index (χ0) is 20.1. The standard InChI is InChI=1S/C20H20N2O4S2/c1-2-25-20(24)18-16(15(9-21)19(22)28-18)10-26-17(23)11-27-14-7-6-12-4-3-5-13(12)8-14/h6-8H,2-5,10-11,22H2,1H3. The van der Waals surface area contributed by atoms with E-state index < -0.39 is 11.9 Å². The number of carbonyl (C=O) groups excluding carboxylic acids is 2. The van der Waals surface area contributed by atoms with Gasteiger partial charge < -0.3 is 15.2 Å². The number of nitriles is 1. The second-order valence-electron chi connectivity index (χ2n) is 6.21. The van der Waals surface area contributed by atoms with Crippen molar-refractivity contribution in [2.75, 3.05) is 18.1 Å². The number of hydrogen-bond donors (Lipinski definition) is 1. The highest BCUT2D eigenvalue weighted by atomic mass is 32.2. The van der Waals surface area contributed by atoms with E-state index in [1.165, 1.54) is 29.3 Å². The van der Waals surface area contributed by atoms with Crippen LogP contribution in [0.25, 0.3) is 0 Å². The van der Waals surface area contributed by atoms with Gasteiger partial charge in [0.15, 0.2) is 0 Å². The summed E-state index contributed by atoms with van der Waals surface area (Å²) in [6, 6.07) is 8.24. The lowest BCUT2D eigenvalue weighted by Gasteiger charge is -2.07. The maximum absolute atomic E-state index is 12.2. The van der Waals surface area contributed by atoms with Gasteiger partial charge in [0.1, 0.15) is 22.6 Å². The number of nitrogens with zero attached hydrogens (tertiary/aromatic N) is 1. The third kappa shape index (κ3) is 4.49. The lowest BCUT2D eigenvalue weighted by atomic mass is 10.1. The van der Waals surface area contributed by atoms with Crippen LogP contribution in [0.15, 0.2) is 23.1 Å². The summed E-state index contributed by atoms with van der Waals surface area (Å²) < 4.78 is 10.3. The van der Waals surface area contributed by atoms with Gasteiger partial charge >= 0.3 is 11.9 Å². The Hall–Kier alpha value is -2.50. The minimum absolute atomic E-state index is 0.148. The molecule has 6 nitrogen and oxygen atoms in total. The summed E-state index contributed by atoms with van der Waals surface area (Å²) in [5.41, 5.74) is 9.02. The number of thioether (sulfide) groups is 1. The molecular weight excluding hydrogens is 396 g/mol. The highest BCUT2D eigenvalue weighted by Gasteiger charge is 2.24. The number of thiophene rings is 1. The second-order valence-corrected chi connectivity index (χ2v) is 8.32. The Labute approximate surface area is 171 Å². The summed E-state index contributed by atoms with van der Waals surface area (Å²) in [5, 5.41) is 9.51. The Balaban J connectivity index is 1.61. The fraction of sp³-hybridized carbons (Fsp3) is 0.350. The van der Waals surface area contributed by atoms with Crippen LogP contribution < -0.4 is 5.73 Å². The number of ether oxygens (including phenoxy) is 2. The number of nitrogen functional groups attached to an aromatic ring is 1. The molecule has 146 valence electrons. The fourth-order valence-electron chi connectivity index (χ4n) is 3.08. The summed E-state index contributed by atoms with van der Waals surface area (Å²) in [4.78, 5) is 25.5. The average molecular weight is 417 g/mol. The average Bonchev–Trinajstić information content (AvgIpc) is 3.28. The highest BCUT2D eigenvalue weighted by molar-refractivity contribution is 8.00. The molecule has 0 fully saturated rings. The van der Waals surface area contributed by atoms with Crippen LogP contribution in [0.4, 0.5) is 5.00 Å². The van der Waals surface area contributed by atoms with Crippen molar-refractivity contribution in [2.45, 2.75) is 37.7 Å². The van der Waals surface area contributed by atoms with Gasteiger partial charge in [0.25, 0.3) is 0 Å². The van der Waals surface area contributed by atoms with Gasteiger partial charge in [0.2, 0.25) is 0 Å². The summed E-state index contributed by atoms with van der Waals surface area (Å²) in [6.45, 7) is 1.71. The number of esters is 2. The summed E-state index contributed by atoms with van der Waals surface area (Å²) in [6.07, 6.45) is 3.39. The molecule has 0 spiro atoms. The van der Waals surface area contributed by atoms with Crippen molar-refractivity contribution in [3.63, 3.8) is 0 Å². The van der Waals surface area contributed by atoms with E-state index in [0.29, 0.717) is 5.56 Å². The first kappa shape index (κ1) is 20.2. The van der Waals surface area contributed by atoms with Gasteiger partial charge in [0.05, 0.1) is 17.9 Å². The number of rotatable bonds is 7. The quantitative estimate of drug-likeness (QED) is 0.542. The number of fused-ring (bicyclic) bond motifs is 1.